The Hall–Kier alpha value is -1.53. The van der Waals surface area contributed by atoms with E-state index in [1.54, 1.807) is 6.07 Å². The van der Waals surface area contributed by atoms with E-state index in [9.17, 15) is 0 Å². The highest BCUT2D eigenvalue weighted by molar-refractivity contribution is 5.49. The van der Waals surface area contributed by atoms with Crippen molar-refractivity contribution in [1.82, 2.24) is 0 Å². The fourth-order valence-electron chi connectivity index (χ4n) is 1.56. The van der Waals surface area contributed by atoms with Gasteiger partial charge in [0.2, 0.25) is 0 Å². The van der Waals surface area contributed by atoms with Crippen LogP contribution >= 0.6 is 0 Å². The standard InChI is InChI=1S/C12H14N2O/c13-7-10-2-1-3-11(6-10)14-8-12(9-15)4-5-12/h1-3,6,14-15H,4-5,8-9H2. The number of aliphatic hydroxyl groups excluding tert-OH is 1. The van der Waals surface area contributed by atoms with Gasteiger partial charge in [-0.3, -0.25) is 0 Å². The lowest BCUT2D eigenvalue weighted by Crippen LogP contribution is -2.18. The van der Waals surface area contributed by atoms with Gasteiger partial charge >= 0.3 is 0 Å². The predicted molar refractivity (Wildman–Crippen MR) is 58.4 cm³/mol. The van der Waals surface area contributed by atoms with Crippen molar-refractivity contribution >= 4 is 5.69 Å². The highest BCUT2D eigenvalue weighted by Crippen LogP contribution is 2.44. The molecule has 1 aliphatic carbocycles. The van der Waals surface area contributed by atoms with Gasteiger partial charge in [0.1, 0.15) is 0 Å². The highest BCUT2D eigenvalue weighted by Gasteiger charge is 2.41. The normalized spacial score (nSPS) is 16.8. The molecule has 0 bridgehead atoms. The number of nitriles is 1. The molecule has 78 valence electrons. The number of anilines is 1. The average Bonchev–Trinajstić information content (AvgIpc) is 3.07. The van der Waals surface area contributed by atoms with Crippen LogP contribution < -0.4 is 5.32 Å². The molecule has 15 heavy (non-hydrogen) atoms. The molecule has 2 rings (SSSR count). The average molecular weight is 202 g/mol. The van der Waals surface area contributed by atoms with Crippen molar-refractivity contribution in [1.29, 1.82) is 5.26 Å². The second kappa shape index (κ2) is 3.92. The Kier molecular flexibility index (Phi) is 2.61. The molecule has 2 N–H and O–H groups in total. The number of nitrogens with one attached hydrogen (secondary N) is 1. The van der Waals surface area contributed by atoms with Crippen molar-refractivity contribution in [2.75, 3.05) is 18.5 Å². The summed E-state index contributed by atoms with van der Waals surface area (Å²) in [7, 11) is 0. The molecule has 0 atom stereocenters. The lowest BCUT2D eigenvalue weighted by Gasteiger charge is -2.13. The monoisotopic (exact) mass is 202 g/mol. The minimum absolute atomic E-state index is 0.0998. The van der Waals surface area contributed by atoms with Crippen LogP contribution in [0.25, 0.3) is 0 Å². The Morgan fingerprint density at radius 2 is 2.27 bits per heavy atom. The van der Waals surface area contributed by atoms with Gasteiger partial charge < -0.3 is 10.4 Å². The van der Waals surface area contributed by atoms with Crippen LogP contribution in [-0.2, 0) is 0 Å². The molecule has 1 aromatic rings. The summed E-state index contributed by atoms with van der Waals surface area (Å²) in [5.74, 6) is 0. The van der Waals surface area contributed by atoms with E-state index < -0.39 is 0 Å². The maximum Gasteiger partial charge on any atom is 0.0992 e. The molecule has 0 amide bonds. The second-order valence-corrected chi connectivity index (χ2v) is 4.20. The minimum Gasteiger partial charge on any atom is -0.396 e. The van der Waals surface area contributed by atoms with Crippen molar-refractivity contribution in [2.45, 2.75) is 12.8 Å². The highest BCUT2D eigenvalue weighted by atomic mass is 16.3. The fourth-order valence-corrected chi connectivity index (χ4v) is 1.56. The summed E-state index contributed by atoms with van der Waals surface area (Å²) < 4.78 is 0. The van der Waals surface area contributed by atoms with Gasteiger partial charge in [-0.05, 0) is 31.0 Å². The summed E-state index contributed by atoms with van der Waals surface area (Å²) in [5, 5.41) is 21.1. The molecule has 3 nitrogen and oxygen atoms in total. The number of hydrogen-bond donors (Lipinski definition) is 2. The van der Waals surface area contributed by atoms with Gasteiger partial charge in [-0.2, -0.15) is 5.26 Å². The minimum atomic E-state index is 0.0998. The lowest BCUT2D eigenvalue weighted by molar-refractivity contribution is 0.220. The molecule has 0 aliphatic heterocycles. The van der Waals surface area contributed by atoms with E-state index in [0.29, 0.717) is 5.56 Å². The maximum absolute atomic E-state index is 9.14. The van der Waals surface area contributed by atoms with E-state index in [4.69, 9.17) is 10.4 Å². The Labute approximate surface area is 89.4 Å². The fraction of sp³-hybridized carbons (Fsp3) is 0.417. The van der Waals surface area contributed by atoms with Gasteiger partial charge in [0, 0.05) is 17.6 Å². The number of nitrogens with zero attached hydrogens (tertiary/aromatic N) is 1. The van der Waals surface area contributed by atoms with Crippen molar-refractivity contribution in [3.05, 3.63) is 29.8 Å². The van der Waals surface area contributed by atoms with Crippen LogP contribution in [-0.4, -0.2) is 18.3 Å². The molecule has 0 radical (unpaired) electrons. The first-order valence-electron chi connectivity index (χ1n) is 5.13. The van der Waals surface area contributed by atoms with Crippen molar-refractivity contribution in [3.63, 3.8) is 0 Å². The topological polar surface area (TPSA) is 56.0 Å². The van der Waals surface area contributed by atoms with E-state index in [2.05, 4.69) is 11.4 Å². The number of rotatable bonds is 4. The van der Waals surface area contributed by atoms with Gasteiger partial charge in [-0.1, -0.05) is 6.07 Å². The Morgan fingerprint density at radius 3 is 2.87 bits per heavy atom. The molecule has 0 spiro atoms. The number of aliphatic hydroxyl groups is 1. The number of hydrogen-bond acceptors (Lipinski definition) is 3. The summed E-state index contributed by atoms with van der Waals surface area (Å²) >= 11 is 0. The van der Waals surface area contributed by atoms with Crippen LogP contribution in [0.1, 0.15) is 18.4 Å². The molecule has 0 unspecified atom stereocenters. The molecular formula is C12H14N2O. The Bertz CT molecular complexity index is 391. The Balaban J connectivity index is 1.96. The van der Waals surface area contributed by atoms with Gasteiger partial charge in [0.05, 0.1) is 18.2 Å². The third-order valence-corrected chi connectivity index (χ3v) is 2.95. The van der Waals surface area contributed by atoms with Crippen molar-refractivity contribution < 1.29 is 5.11 Å². The molecular weight excluding hydrogens is 188 g/mol. The SMILES string of the molecule is N#Cc1cccc(NCC2(CO)CC2)c1. The molecule has 0 saturated heterocycles. The van der Waals surface area contributed by atoms with E-state index in [1.165, 1.54) is 0 Å². The first kappa shape index (κ1) is 10.0. The third-order valence-electron chi connectivity index (χ3n) is 2.95. The molecule has 0 aromatic heterocycles. The summed E-state index contributed by atoms with van der Waals surface area (Å²) in [6.07, 6.45) is 2.18. The van der Waals surface area contributed by atoms with Crippen LogP contribution in [0.2, 0.25) is 0 Å². The second-order valence-electron chi connectivity index (χ2n) is 4.20. The van der Waals surface area contributed by atoms with Gasteiger partial charge in [-0.15, -0.1) is 0 Å². The predicted octanol–water partition coefficient (Wildman–Crippen LogP) is 1.74. The van der Waals surface area contributed by atoms with Crippen LogP contribution in [0, 0.1) is 16.7 Å². The van der Waals surface area contributed by atoms with E-state index >= 15 is 0 Å². The van der Waals surface area contributed by atoms with E-state index in [0.717, 1.165) is 25.1 Å². The zero-order valence-electron chi connectivity index (χ0n) is 8.53. The van der Waals surface area contributed by atoms with Gasteiger partial charge in [0.15, 0.2) is 0 Å². The quantitative estimate of drug-likeness (QED) is 0.782. The van der Waals surface area contributed by atoms with E-state index in [1.807, 2.05) is 18.2 Å². The molecule has 0 heterocycles. The van der Waals surface area contributed by atoms with Crippen LogP contribution in [0.4, 0.5) is 5.69 Å². The van der Waals surface area contributed by atoms with Crippen LogP contribution in [0.5, 0.6) is 0 Å². The largest absolute Gasteiger partial charge is 0.396 e. The van der Waals surface area contributed by atoms with Crippen molar-refractivity contribution in [2.24, 2.45) is 5.41 Å². The first-order chi connectivity index (χ1) is 7.28. The van der Waals surface area contributed by atoms with Crippen molar-refractivity contribution in [3.8, 4) is 6.07 Å². The molecule has 1 saturated carbocycles. The number of benzene rings is 1. The maximum atomic E-state index is 9.14. The summed E-state index contributed by atoms with van der Waals surface area (Å²) in [5.41, 5.74) is 1.71. The van der Waals surface area contributed by atoms with Crippen LogP contribution in [0.3, 0.4) is 0 Å². The zero-order valence-corrected chi connectivity index (χ0v) is 8.53. The lowest BCUT2D eigenvalue weighted by atomic mass is 10.1. The molecule has 1 fully saturated rings. The molecule has 1 aliphatic rings. The molecule has 3 heteroatoms. The zero-order chi connectivity index (χ0) is 10.7. The van der Waals surface area contributed by atoms with Crippen LogP contribution in [0.15, 0.2) is 24.3 Å². The first-order valence-corrected chi connectivity index (χ1v) is 5.13. The molecule has 1 aromatic carbocycles. The van der Waals surface area contributed by atoms with Gasteiger partial charge in [0.25, 0.3) is 0 Å². The Morgan fingerprint density at radius 1 is 1.47 bits per heavy atom. The third kappa shape index (κ3) is 2.28. The summed E-state index contributed by atoms with van der Waals surface area (Å²) in [6, 6.07) is 9.51. The summed E-state index contributed by atoms with van der Waals surface area (Å²) in [6.45, 7) is 1.04. The smallest absolute Gasteiger partial charge is 0.0992 e. The summed E-state index contributed by atoms with van der Waals surface area (Å²) in [4.78, 5) is 0. The van der Waals surface area contributed by atoms with E-state index in [-0.39, 0.29) is 12.0 Å². The van der Waals surface area contributed by atoms with Gasteiger partial charge in [-0.25, -0.2) is 0 Å².